The normalized spacial score (nSPS) is 15.4. The van der Waals surface area contributed by atoms with Crippen LogP contribution in [0.2, 0.25) is 0 Å². The van der Waals surface area contributed by atoms with E-state index < -0.39 is 21.7 Å². The second-order valence-corrected chi connectivity index (χ2v) is 6.03. The maximum absolute atomic E-state index is 13.0. The molecule has 0 fully saturated rings. The lowest BCUT2D eigenvalue weighted by molar-refractivity contribution is 0.501. The SMILES string of the molecule is CC(N)CC(C)NS(=O)(=O)c1ccc(F)c(F)c1. The van der Waals surface area contributed by atoms with Gasteiger partial charge in [-0.1, -0.05) is 0 Å². The minimum absolute atomic E-state index is 0.160. The highest BCUT2D eigenvalue weighted by atomic mass is 32.2. The fourth-order valence-corrected chi connectivity index (χ4v) is 2.85. The van der Waals surface area contributed by atoms with Crippen LogP contribution in [0.3, 0.4) is 0 Å². The fourth-order valence-electron chi connectivity index (χ4n) is 1.58. The Hall–Kier alpha value is -1.05. The summed E-state index contributed by atoms with van der Waals surface area (Å²) in [6.07, 6.45) is 0.447. The molecule has 0 aliphatic heterocycles. The van der Waals surface area contributed by atoms with Crippen LogP contribution in [0, 0.1) is 11.6 Å². The summed E-state index contributed by atoms with van der Waals surface area (Å²) in [5, 5.41) is 0. The van der Waals surface area contributed by atoms with E-state index in [0.29, 0.717) is 12.5 Å². The van der Waals surface area contributed by atoms with Crippen LogP contribution in [0.1, 0.15) is 20.3 Å². The molecule has 1 rings (SSSR count). The van der Waals surface area contributed by atoms with Gasteiger partial charge in [0.25, 0.3) is 0 Å². The van der Waals surface area contributed by atoms with E-state index in [1.165, 1.54) is 0 Å². The Kier molecular flexibility index (Phi) is 4.78. The van der Waals surface area contributed by atoms with Gasteiger partial charge in [-0.15, -0.1) is 0 Å². The van der Waals surface area contributed by atoms with Gasteiger partial charge in [-0.25, -0.2) is 21.9 Å². The molecule has 7 heteroatoms. The lowest BCUT2D eigenvalue weighted by atomic mass is 10.1. The number of hydrogen-bond donors (Lipinski definition) is 2. The molecule has 0 saturated heterocycles. The Balaban J connectivity index is 2.89. The van der Waals surface area contributed by atoms with Crippen molar-refractivity contribution < 1.29 is 17.2 Å². The molecule has 1 aromatic carbocycles. The molecule has 0 spiro atoms. The van der Waals surface area contributed by atoms with Crippen molar-refractivity contribution in [3.8, 4) is 0 Å². The molecule has 0 aromatic heterocycles. The van der Waals surface area contributed by atoms with E-state index in [4.69, 9.17) is 5.73 Å². The monoisotopic (exact) mass is 278 g/mol. The zero-order valence-electron chi connectivity index (χ0n) is 10.2. The largest absolute Gasteiger partial charge is 0.328 e. The van der Waals surface area contributed by atoms with Crippen LogP contribution < -0.4 is 10.5 Å². The second-order valence-electron chi connectivity index (χ2n) is 4.31. The summed E-state index contributed by atoms with van der Waals surface area (Å²) in [7, 11) is -3.86. The zero-order valence-corrected chi connectivity index (χ0v) is 11.0. The molecule has 0 radical (unpaired) electrons. The summed E-state index contributed by atoms with van der Waals surface area (Å²) in [6.45, 7) is 3.41. The van der Waals surface area contributed by atoms with Gasteiger partial charge in [0.15, 0.2) is 11.6 Å². The van der Waals surface area contributed by atoms with E-state index in [-0.39, 0.29) is 17.0 Å². The number of sulfonamides is 1. The highest BCUT2D eigenvalue weighted by molar-refractivity contribution is 7.89. The molecule has 2 unspecified atom stereocenters. The van der Waals surface area contributed by atoms with Gasteiger partial charge >= 0.3 is 0 Å². The molecule has 0 heterocycles. The predicted molar refractivity (Wildman–Crippen MR) is 64.4 cm³/mol. The van der Waals surface area contributed by atoms with Crippen LogP contribution in [0.15, 0.2) is 23.1 Å². The van der Waals surface area contributed by atoms with Crippen LogP contribution in [0.5, 0.6) is 0 Å². The molecule has 1 aromatic rings. The summed E-state index contributed by atoms with van der Waals surface area (Å²) in [5.41, 5.74) is 5.55. The molecular formula is C11H16F2N2O2S. The van der Waals surface area contributed by atoms with Gasteiger partial charge in [-0.2, -0.15) is 0 Å². The topological polar surface area (TPSA) is 72.2 Å². The van der Waals surface area contributed by atoms with E-state index in [0.717, 1.165) is 12.1 Å². The molecule has 0 amide bonds. The molecule has 0 saturated carbocycles. The molecule has 3 N–H and O–H groups in total. The highest BCUT2D eigenvalue weighted by Crippen LogP contribution is 2.14. The molecule has 0 aliphatic carbocycles. The summed E-state index contributed by atoms with van der Waals surface area (Å²) in [5.74, 6) is -2.28. The predicted octanol–water partition coefficient (Wildman–Crippen LogP) is 1.37. The minimum Gasteiger partial charge on any atom is -0.328 e. The Morgan fingerprint density at radius 3 is 2.39 bits per heavy atom. The number of halogens is 2. The van der Waals surface area contributed by atoms with Gasteiger partial charge in [0.05, 0.1) is 4.90 Å². The Labute approximate surface area is 105 Å². The molecule has 102 valence electrons. The van der Waals surface area contributed by atoms with Crippen LogP contribution in [-0.2, 0) is 10.0 Å². The number of nitrogens with one attached hydrogen (secondary N) is 1. The third-order valence-electron chi connectivity index (χ3n) is 2.28. The van der Waals surface area contributed by atoms with Crippen molar-refractivity contribution in [1.82, 2.24) is 4.72 Å². The van der Waals surface area contributed by atoms with Crippen LogP contribution >= 0.6 is 0 Å². The van der Waals surface area contributed by atoms with E-state index in [2.05, 4.69) is 4.72 Å². The maximum atomic E-state index is 13.0. The quantitative estimate of drug-likeness (QED) is 0.854. The van der Waals surface area contributed by atoms with Crippen LogP contribution in [-0.4, -0.2) is 20.5 Å². The third-order valence-corrected chi connectivity index (χ3v) is 3.87. The van der Waals surface area contributed by atoms with Gasteiger partial charge in [0.2, 0.25) is 10.0 Å². The van der Waals surface area contributed by atoms with E-state index in [9.17, 15) is 17.2 Å². The summed E-state index contributed by atoms with van der Waals surface area (Å²) >= 11 is 0. The third kappa shape index (κ3) is 4.01. The average molecular weight is 278 g/mol. The van der Waals surface area contributed by atoms with Gasteiger partial charge in [0, 0.05) is 12.1 Å². The van der Waals surface area contributed by atoms with Crippen molar-refractivity contribution in [2.75, 3.05) is 0 Å². The first kappa shape index (κ1) is 15.0. The van der Waals surface area contributed by atoms with Crippen molar-refractivity contribution in [1.29, 1.82) is 0 Å². The van der Waals surface area contributed by atoms with Crippen molar-refractivity contribution in [3.05, 3.63) is 29.8 Å². The Bertz CT molecular complexity index is 518. The van der Waals surface area contributed by atoms with E-state index in [1.807, 2.05) is 0 Å². The number of benzene rings is 1. The summed E-state index contributed by atoms with van der Waals surface area (Å²) < 4.78 is 51.7. The molecule has 18 heavy (non-hydrogen) atoms. The highest BCUT2D eigenvalue weighted by Gasteiger charge is 2.19. The van der Waals surface area contributed by atoms with Gasteiger partial charge in [-0.3, -0.25) is 0 Å². The average Bonchev–Trinajstić information content (AvgIpc) is 2.19. The lowest BCUT2D eigenvalue weighted by Gasteiger charge is -2.16. The van der Waals surface area contributed by atoms with Gasteiger partial charge in [-0.05, 0) is 38.5 Å². The van der Waals surface area contributed by atoms with Crippen molar-refractivity contribution >= 4 is 10.0 Å². The summed E-state index contributed by atoms with van der Waals surface area (Å²) in [6, 6.07) is 1.89. The molecule has 0 bridgehead atoms. The smallest absolute Gasteiger partial charge is 0.240 e. The standard InChI is InChI=1S/C11H16F2N2O2S/c1-7(14)5-8(2)15-18(16,17)9-3-4-10(12)11(13)6-9/h3-4,6-8,15H,5,14H2,1-2H3. The van der Waals surface area contributed by atoms with E-state index in [1.54, 1.807) is 13.8 Å². The Morgan fingerprint density at radius 1 is 1.28 bits per heavy atom. The maximum Gasteiger partial charge on any atom is 0.240 e. The van der Waals surface area contributed by atoms with E-state index >= 15 is 0 Å². The molecule has 2 atom stereocenters. The molecule has 0 aliphatic rings. The second kappa shape index (κ2) is 5.73. The van der Waals surface area contributed by atoms with Crippen LogP contribution in [0.4, 0.5) is 8.78 Å². The molecule has 4 nitrogen and oxygen atoms in total. The fraction of sp³-hybridized carbons (Fsp3) is 0.455. The molecular weight excluding hydrogens is 262 g/mol. The number of rotatable bonds is 5. The Morgan fingerprint density at radius 2 is 1.89 bits per heavy atom. The number of hydrogen-bond acceptors (Lipinski definition) is 3. The van der Waals surface area contributed by atoms with Crippen molar-refractivity contribution in [3.63, 3.8) is 0 Å². The first-order valence-electron chi connectivity index (χ1n) is 5.45. The van der Waals surface area contributed by atoms with Crippen molar-refractivity contribution in [2.24, 2.45) is 5.73 Å². The number of nitrogens with two attached hydrogens (primary N) is 1. The van der Waals surface area contributed by atoms with Gasteiger partial charge in [0.1, 0.15) is 0 Å². The minimum atomic E-state index is -3.86. The van der Waals surface area contributed by atoms with Gasteiger partial charge < -0.3 is 5.73 Å². The first-order chi connectivity index (χ1) is 8.22. The van der Waals surface area contributed by atoms with Crippen molar-refractivity contribution in [2.45, 2.75) is 37.2 Å². The zero-order chi connectivity index (χ0) is 13.9. The summed E-state index contributed by atoms with van der Waals surface area (Å²) in [4.78, 5) is -0.307. The lowest BCUT2D eigenvalue weighted by Crippen LogP contribution is -2.36. The van der Waals surface area contributed by atoms with Crippen LogP contribution in [0.25, 0.3) is 0 Å². The first-order valence-corrected chi connectivity index (χ1v) is 6.93.